The summed E-state index contributed by atoms with van der Waals surface area (Å²) in [5.41, 5.74) is 11.2. The molecule has 2 aromatic heterocycles. The summed E-state index contributed by atoms with van der Waals surface area (Å²) in [5.74, 6) is 1.08. The Morgan fingerprint density at radius 2 is 1.53 bits per heavy atom. The molecule has 5 heteroatoms. The summed E-state index contributed by atoms with van der Waals surface area (Å²) in [6.45, 7) is 10.6. The van der Waals surface area contributed by atoms with Gasteiger partial charge in [-0.3, -0.25) is 9.88 Å². The first kappa shape index (κ1) is 24.5. The fourth-order valence-electron chi connectivity index (χ4n) is 5.42. The normalized spacial score (nSPS) is 14.3. The predicted molar refractivity (Wildman–Crippen MR) is 155 cm³/mol. The summed E-state index contributed by atoms with van der Waals surface area (Å²) in [4.78, 5) is 11.8. The smallest absolute Gasteiger partial charge is 0.114 e. The Hall–Kier alpha value is -3.80. The van der Waals surface area contributed by atoms with Crippen LogP contribution in [-0.2, 0) is 19.5 Å². The molecule has 1 aliphatic heterocycles. The van der Waals surface area contributed by atoms with Gasteiger partial charge in [-0.05, 0) is 71.5 Å². The fourth-order valence-corrected chi connectivity index (χ4v) is 5.42. The quantitative estimate of drug-likeness (QED) is 0.308. The SMILES string of the molecule is Cc1ccc(C)c(Cn2c(Cc3ccncc3)nc3ccc(-c4ccc(CN5CCNCC5)cc4)cc32)c1. The van der Waals surface area contributed by atoms with Gasteiger partial charge < -0.3 is 9.88 Å². The number of aryl methyl sites for hydroxylation is 2. The van der Waals surface area contributed by atoms with Crippen LogP contribution in [0.15, 0.2) is 85.2 Å². The van der Waals surface area contributed by atoms with E-state index in [1.807, 2.05) is 12.4 Å². The third kappa shape index (κ3) is 5.40. The van der Waals surface area contributed by atoms with Crippen molar-refractivity contribution in [3.05, 3.63) is 119 Å². The van der Waals surface area contributed by atoms with Crippen LogP contribution in [-0.4, -0.2) is 45.6 Å². The Morgan fingerprint density at radius 3 is 2.32 bits per heavy atom. The lowest BCUT2D eigenvalue weighted by molar-refractivity contribution is 0.233. The van der Waals surface area contributed by atoms with Crippen LogP contribution in [0.2, 0.25) is 0 Å². The second-order valence-corrected chi connectivity index (χ2v) is 10.5. The van der Waals surface area contributed by atoms with E-state index in [1.165, 1.54) is 44.5 Å². The minimum atomic E-state index is 0.776. The maximum Gasteiger partial charge on any atom is 0.114 e. The zero-order chi connectivity index (χ0) is 25.9. The highest BCUT2D eigenvalue weighted by Crippen LogP contribution is 2.28. The Balaban J connectivity index is 1.35. The van der Waals surface area contributed by atoms with E-state index in [1.54, 1.807) is 0 Å². The molecule has 3 aromatic carbocycles. The maximum absolute atomic E-state index is 5.10. The van der Waals surface area contributed by atoms with Crippen molar-refractivity contribution in [1.82, 2.24) is 24.8 Å². The first-order chi connectivity index (χ1) is 18.6. The molecule has 5 aromatic rings. The molecule has 1 saturated heterocycles. The van der Waals surface area contributed by atoms with Crippen LogP contribution in [0.1, 0.15) is 33.6 Å². The molecule has 1 fully saturated rings. The predicted octanol–water partition coefficient (Wildman–Crippen LogP) is 5.76. The molecule has 3 heterocycles. The Labute approximate surface area is 225 Å². The number of nitrogens with one attached hydrogen (secondary N) is 1. The number of pyridine rings is 1. The van der Waals surface area contributed by atoms with E-state index in [4.69, 9.17) is 4.98 Å². The molecule has 0 radical (unpaired) electrons. The molecule has 0 atom stereocenters. The molecular weight excluding hydrogens is 466 g/mol. The van der Waals surface area contributed by atoms with Crippen LogP contribution in [0.4, 0.5) is 0 Å². The van der Waals surface area contributed by atoms with Gasteiger partial charge in [-0.15, -0.1) is 0 Å². The maximum atomic E-state index is 5.10. The van der Waals surface area contributed by atoms with Crippen molar-refractivity contribution >= 4 is 11.0 Å². The third-order valence-electron chi connectivity index (χ3n) is 7.68. The highest BCUT2D eigenvalue weighted by atomic mass is 15.2. The van der Waals surface area contributed by atoms with Crippen LogP contribution in [0.5, 0.6) is 0 Å². The van der Waals surface area contributed by atoms with Crippen molar-refractivity contribution in [2.45, 2.75) is 33.4 Å². The van der Waals surface area contributed by atoms with Gasteiger partial charge in [-0.25, -0.2) is 4.98 Å². The Morgan fingerprint density at radius 1 is 0.763 bits per heavy atom. The van der Waals surface area contributed by atoms with Gasteiger partial charge in [-0.1, -0.05) is 54.1 Å². The Bertz CT molecular complexity index is 1530. The van der Waals surface area contributed by atoms with E-state index in [9.17, 15) is 0 Å². The summed E-state index contributed by atoms with van der Waals surface area (Å²) in [7, 11) is 0. The average Bonchev–Trinajstić information content (AvgIpc) is 3.28. The highest BCUT2D eigenvalue weighted by Gasteiger charge is 2.15. The zero-order valence-corrected chi connectivity index (χ0v) is 22.3. The summed E-state index contributed by atoms with van der Waals surface area (Å²) in [5, 5.41) is 3.43. The van der Waals surface area contributed by atoms with Crippen LogP contribution < -0.4 is 5.32 Å². The number of imidazole rings is 1. The number of hydrogen-bond donors (Lipinski definition) is 1. The molecule has 1 aliphatic rings. The van der Waals surface area contributed by atoms with Crippen molar-refractivity contribution in [2.75, 3.05) is 26.2 Å². The van der Waals surface area contributed by atoms with Crippen LogP contribution in [0, 0.1) is 13.8 Å². The second kappa shape index (κ2) is 10.9. The molecule has 0 bridgehead atoms. The molecular formula is C33H35N5. The molecule has 0 unspecified atom stereocenters. The third-order valence-corrected chi connectivity index (χ3v) is 7.68. The molecule has 0 spiro atoms. The number of hydrogen-bond acceptors (Lipinski definition) is 4. The summed E-state index contributed by atoms with van der Waals surface area (Å²) < 4.78 is 2.40. The van der Waals surface area contributed by atoms with E-state index in [0.29, 0.717) is 0 Å². The van der Waals surface area contributed by atoms with Crippen molar-refractivity contribution in [3.8, 4) is 11.1 Å². The van der Waals surface area contributed by atoms with Gasteiger partial charge in [0.1, 0.15) is 5.82 Å². The van der Waals surface area contributed by atoms with Gasteiger partial charge >= 0.3 is 0 Å². The molecule has 6 rings (SSSR count). The molecule has 5 nitrogen and oxygen atoms in total. The summed E-state index contributed by atoms with van der Waals surface area (Å²) in [6.07, 6.45) is 4.49. The first-order valence-corrected chi connectivity index (χ1v) is 13.6. The van der Waals surface area contributed by atoms with Crippen LogP contribution in [0.3, 0.4) is 0 Å². The minimum Gasteiger partial charge on any atom is -0.323 e. The number of piperazine rings is 1. The zero-order valence-electron chi connectivity index (χ0n) is 22.3. The van der Waals surface area contributed by atoms with Gasteiger partial charge in [0.15, 0.2) is 0 Å². The topological polar surface area (TPSA) is 46.0 Å². The molecule has 192 valence electrons. The number of benzene rings is 3. The lowest BCUT2D eigenvalue weighted by Crippen LogP contribution is -2.42. The summed E-state index contributed by atoms with van der Waals surface area (Å²) in [6, 6.07) is 26.7. The van der Waals surface area contributed by atoms with Crippen molar-refractivity contribution < 1.29 is 0 Å². The van der Waals surface area contributed by atoms with E-state index in [2.05, 4.69) is 106 Å². The largest absolute Gasteiger partial charge is 0.323 e. The Kier molecular flexibility index (Phi) is 7.04. The lowest BCUT2D eigenvalue weighted by atomic mass is 10.0. The van der Waals surface area contributed by atoms with E-state index >= 15 is 0 Å². The molecule has 0 saturated carbocycles. The van der Waals surface area contributed by atoms with Crippen molar-refractivity contribution in [1.29, 1.82) is 0 Å². The van der Waals surface area contributed by atoms with Crippen LogP contribution >= 0.6 is 0 Å². The monoisotopic (exact) mass is 501 g/mol. The minimum absolute atomic E-state index is 0.776. The molecule has 1 N–H and O–H groups in total. The fraction of sp³-hybridized carbons (Fsp3) is 0.273. The van der Waals surface area contributed by atoms with Crippen LogP contribution in [0.25, 0.3) is 22.2 Å². The number of nitrogens with zero attached hydrogens (tertiary/aromatic N) is 4. The van der Waals surface area contributed by atoms with Gasteiger partial charge in [0, 0.05) is 58.1 Å². The van der Waals surface area contributed by atoms with E-state index < -0.39 is 0 Å². The van der Waals surface area contributed by atoms with Gasteiger partial charge in [-0.2, -0.15) is 0 Å². The molecule has 0 amide bonds. The summed E-state index contributed by atoms with van der Waals surface area (Å²) >= 11 is 0. The second-order valence-electron chi connectivity index (χ2n) is 10.5. The van der Waals surface area contributed by atoms with Gasteiger partial charge in [0.05, 0.1) is 11.0 Å². The standard InChI is InChI=1S/C33H35N5/c1-24-3-4-25(2)30(19-24)23-38-32-21-29(9-10-31(32)36-33(38)20-26-11-13-34-14-12-26)28-7-5-27(6-8-28)22-37-17-15-35-16-18-37/h3-14,19,21,35H,15-18,20,22-23H2,1-2H3. The van der Waals surface area contributed by atoms with Crippen molar-refractivity contribution in [2.24, 2.45) is 0 Å². The van der Waals surface area contributed by atoms with Gasteiger partial charge in [0.2, 0.25) is 0 Å². The average molecular weight is 502 g/mol. The first-order valence-electron chi connectivity index (χ1n) is 13.6. The molecule has 38 heavy (non-hydrogen) atoms. The lowest BCUT2D eigenvalue weighted by Gasteiger charge is -2.27. The van der Waals surface area contributed by atoms with E-state index in [-0.39, 0.29) is 0 Å². The number of fused-ring (bicyclic) bond motifs is 1. The number of aromatic nitrogens is 3. The van der Waals surface area contributed by atoms with Gasteiger partial charge in [0.25, 0.3) is 0 Å². The van der Waals surface area contributed by atoms with Crippen molar-refractivity contribution in [3.63, 3.8) is 0 Å². The van der Waals surface area contributed by atoms with E-state index in [0.717, 1.165) is 57.0 Å². The molecule has 0 aliphatic carbocycles. The highest BCUT2D eigenvalue weighted by molar-refractivity contribution is 5.83. The number of rotatable bonds is 7.